The van der Waals surface area contributed by atoms with Crippen LogP contribution in [0.25, 0.3) is 11.3 Å². The fraction of sp³-hybridized carbons (Fsp3) is 0. The van der Waals surface area contributed by atoms with Crippen LogP contribution in [-0.4, -0.2) is 25.8 Å². The van der Waals surface area contributed by atoms with E-state index in [9.17, 15) is 5.11 Å². The van der Waals surface area contributed by atoms with E-state index in [2.05, 4.69) is 32.6 Å². The van der Waals surface area contributed by atoms with Crippen LogP contribution < -0.4 is 10.4 Å². The number of phenols is 1. The molecular formula is C16H14N3OSe+. The van der Waals surface area contributed by atoms with Crippen molar-refractivity contribution < 1.29 is 10.1 Å². The first-order valence-electron chi connectivity index (χ1n) is 6.46. The van der Waals surface area contributed by atoms with Gasteiger partial charge in [0.25, 0.3) is 0 Å². The number of aromatic amines is 1. The normalized spacial score (nSPS) is 10.9. The van der Waals surface area contributed by atoms with Gasteiger partial charge in [0, 0.05) is 0 Å². The number of H-pyrrole nitrogens is 1. The summed E-state index contributed by atoms with van der Waals surface area (Å²) in [6.45, 7) is 0. The third-order valence-corrected chi connectivity index (χ3v) is 4.58. The number of nitrogens with zero attached hydrogens (tertiary/aromatic N) is 1. The fourth-order valence-electron chi connectivity index (χ4n) is 1.87. The van der Waals surface area contributed by atoms with Crippen LogP contribution in [-0.2, 0) is 0 Å². The first-order valence-corrected chi connectivity index (χ1v) is 8.31. The molecule has 0 amide bonds. The third kappa shape index (κ3) is 3.40. The van der Waals surface area contributed by atoms with E-state index in [4.69, 9.17) is 0 Å². The molecule has 0 fully saturated rings. The van der Waals surface area contributed by atoms with Crippen LogP contribution in [0.1, 0.15) is 5.56 Å². The van der Waals surface area contributed by atoms with Gasteiger partial charge in [-0.05, 0) is 0 Å². The van der Waals surface area contributed by atoms with E-state index in [0.717, 1.165) is 10.4 Å². The van der Waals surface area contributed by atoms with E-state index in [0.29, 0.717) is 5.56 Å². The number of hydrazone groups is 1. The number of aromatic nitrogens is 1. The quantitative estimate of drug-likeness (QED) is 0.434. The second-order valence-corrected chi connectivity index (χ2v) is 6.24. The first kappa shape index (κ1) is 13.6. The van der Waals surface area contributed by atoms with Crippen molar-refractivity contribution in [1.82, 2.24) is 0 Å². The van der Waals surface area contributed by atoms with Gasteiger partial charge < -0.3 is 0 Å². The molecule has 1 heterocycles. The van der Waals surface area contributed by atoms with Crippen molar-refractivity contribution in [3.8, 4) is 17.0 Å². The van der Waals surface area contributed by atoms with E-state index < -0.39 is 0 Å². The summed E-state index contributed by atoms with van der Waals surface area (Å²) in [5.74, 6) is 0.223. The van der Waals surface area contributed by atoms with Gasteiger partial charge in [0.15, 0.2) is 0 Å². The van der Waals surface area contributed by atoms with Gasteiger partial charge in [0.05, 0.1) is 0 Å². The van der Waals surface area contributed by atoms with Crippen molar-refractivity contribution in [2.75, 3.05) is 5.43 Å². The maximum absolute atomic E-state index is 9.65. The number of benzene rings is 2. The zero-order valence-electron chi connectivity index (χ0n) is 11.2. The number of nitrogens with one attached hydrogen (secondary N) is 2. The molecule has 104 valence electrons. The zero-order valence-corrected chi connectivity index (χ0v) is 12.9. The molecule has 21 heavy (non-hydrogen) atoms. The average molecular weight is 343 g/mol. The number of aromatic hydroxyl groups is 1. The summed E-state index contributed by atoms with van der Waals surface area (Å²) < 4.78 is 0.980. The molecule has 3 rings (SSSR count). The minimum absolute atomic E-state index is 0.210. The third-order valence-electron chi connectivity index (χ3n) is 2.93. The Bertz CT molecular complexity index is 753. The predicted molar refractivity (Wildman–Crippen MR) is 84.7 cm³/mol. The summed E-state index contributed by atoms with van der Waals surface area (Å²) in [5.41, 5.74) is 5.96. The van der Waals surface area contributed by atoms with Crippen LogP contribution in [0.3, 0.4) is 0 Å². The molecule has 3 N–H and O–H groups in total. The van der Waals surface area contributed by atoms with Gasteiger partial charge in [-0.3, -0.25) is 0 Å². The van der Waals surface area contributed by atoms with Gasteiger partial charge in [-0.1, -0.05) is 0 Å². The predicted octanol–water partition coefficient (Wildman–Crippen LogP) is 2.38. The van der Waals surface area contributed by atoms with Crippen LogP contribution in [0, 0.1) is 0 Å². The number of rotatable bonds is 4. The van der Waals surface area contributed by atoms with Crippen molar-refractivity contribution in [3.05, 3.63) is 65.1 Å². The molecule has 0 saturated heterocycles. The Balaban J connectivity index is 1.70. The Morgan fingerprint density at radius 2 is 1.81 bits per heavy atom. The summed E-state index contributed by atoms with van der Waals surface area (Å²) in [4.78, 5) is 5.51. The molecule has 0 aliphatic carbocycles. The molecule has 0 atom stereocenters. The molecule has 0 aliphatic rings. The molecule has 2 aromatic carbocycles. The van der Waals surface area contributed by atoms with E-state index in [1.807, 2.05) is 30.3 Å². The van der Waals surface area contributed by atoms with Gasteiger partial charge in [-0.2, -0.15) is 0 Å². The van der Waals surface area contributed by atoms with Crippen LogP contribution in [0.15, 0.2) is 64.6 Å². The molecular weight excluding hydrogens is 329 g/mol. The fourth-order valence-corrected chi connectivity index (χ4v) is 3.35. The summed E-state index contributed by atoms with van der Waals surface area (Å²) in [7, 11) is 0. The molecule has 0 saturated carbocycles. The molecule has 5 heteroatoms. The monoisotopic (exact) mass is 344 g/mol. The van der Waals surface area contributed by atoms with E-state index in [-0.39, 0.29) is 20.3 Å². The number of hydrogen-bond donors (Lipinski definition) is 2. The zero-order chi connectivity index (χ0) is 14.5. The Labute approximate surface area is 128 Å². The molecule has 0 radical (unpaired) electrons. The van der Waals surface area contributed by atoms with Gasteiger partial charge in [0.2, 0.25) is 0 Å². The second-order valence-electron chi connectivity index (χ2n) is 4.40. The molecule has 0 spiro atoms. The maximum atomic E-state index is 9.65. The molecule has 0 bridgehead atoms. The molecule has 0 aliphatic heterocycles. The van der Waals surface area contributed by atoms with Crippen LogP contribution in [0.2, 0.25) is 0 Å². The van der Waals surface area contributed by atoms with Gasteiger partial charge in [-0.25, -0.2) is 0 Å². The van der Waals surface area contributed by atoms with Crippen LogP contribution >= 0.6 is 0 Å². The number of phenolic OH excluding ortho intramolecular Hbond substituents is 1. The van der Waals surface area contributed by atoms with E-state index in [1.54, 1.807) is 18.3 Å². The Hall–Kier alpha value is -2.36. The Morgan fingerprint density at radius 3 is 2.62 bits per heavy atom. The van der Waals surface area contributed by atoms with Crippen LogP contribution in [0.5, 0.6) is 5.75 Å². The number of para-hydroxylation sites is 1. The summed E-state index contributed by atoms with van der Waals surface area (Å²) >= 11 is 0.210. The number of anilines is 1. The van der Waals surface area contributed by atoms with Crippen molar-refractivity contribution in [3.63, 3.8) is 0 Å². The first-order chi connectivity index (χ1) is 10.3. The van der Waals surface area contributed by atoms with Crippen molar-refractivity contribution in [2.45, 2.75) is 0 Å². The second kappa shape index (κ2) is 6.39. The molecule has 4 nitrogen and oxygen atoms in total. The minimum atomic E-state index is 0.210. The van der Waals surface area contributed by atoms with Crippen molar-refractivity contribution >= 4 is 25.4 Å². The van der Waals surface area contributed by atoms with E-state index >= 15 is 0 Å². The van der Waals surface area contributed by atoms with Gasteiger partial charge in [-0.15, -0.1) is 0 Å². The van der Waals surface area contributed by atoms with Crippen molar-refractivity contribution in [1.29, 1.82) is 0 Å². The van der Waals surface area contributed by atoms with E-state index in [1.165, 1.54) is 5.56 Å². The average Bonchev–Trinajstić information content (AvgIpc) is 2.99. The molecule has 1 aromatic heterocycles. The van der Waals surface area contributed by atoms with Gasteiger partial charge >= 0.3 is 128 Å². The topological polar surface area (TPSA) is 58.8 Å². The Morgan fingerprint density at radius 1 is 1.05 bits per heavy atom. The summed E-state index contributed by atoms with van der Waals surface area (Å²) in [6, 6.07) is 17.3. The summed E-state index contributed by atoms with van der Waals surface area (Å²) in [5, 5.41) is 13.8. The standard InChI is InChI=1S/C16H13N3OSe/c20-15-9-5-4-8-13(15)10-17-19-16-18-14(11-21-16)12-6-2-1-3-7-12/h1-11,20H,(H,18,19)/p+1. The van der Waals surface area contributed by atoms with Crippen LogP contribution in [0.4, 0.5) is 4.69 Å². The van der Waals surface area contributed by atoms with Crippen molar-refractivity contribution in [2.24, 2.45) is 5.10 Å². The Kier molecular flexibility index (Phi) is 4.14. The van der Waals surface area contributed by atoms with Gasteiger partial charge in [0.1, 0.15) is 0 Å². The summed E-state index contributed by atoms with van der Waals surface area (Å²) in [6.07, 6.45) is 1.61. The molecule has 3 aromatic rings. The SMILES string of the molecule is Oc1ccccc1C=NNc1[nH+]c(-c2ccccc2)c[se]1. The molecule has 0 unspecified atom stereocenters. The number of hydrogen-bond acceptors (Lipinski definition) is 3.